The van der Waals surface area contributed by atoms with E-state index in [-0.39, 0.29) is 6.67 Å². The van der Waals surface area contributed by atoms with E-state index < -0.39 is 0 Å². The van der Waals surface area contributed by atoms with Gasteiger partial charge in [0.25, 0.3) is 0 Å². The normalized spacial score (nSPS) is 19.8. The molecule has 1 unspecified atom stereocenters. The van der Waals surface area contributed by atoms with Crippen molar-refractivity contribution < 1.29 is 4.39 Å². The predicted molar refractivity (Wildman–Crippen MR) is 74.7 cm³/mol. The Balaban J connectivity index is 2.17. The van der Waals surface area contributed by atoms with Crippen LogP contribution in [0.4, 0.5) is 10.1 Å². The van der Waals surface area contributed by atoms with Gasteiger partial charge in [-0.1, -0.05) is 32.0 Å². The lowest BCUT2D eigenvalue weighted by atomic mass is 10.0. The first-order chi connectivity index (χ1) is 8.70. The average Bonchev–Trinajstić information content (AvgIpc) is 2.50. The molecule has 1 atom stereocenters. The van der Waals surface area contributed by atoms with Gasteiger partial charge in [0.05, 0.1) is 0 Å². The number of nitrogens with zero attached hydrogens (tertiary/aromatic N) is 1. The Labute approximate surface area is 109 Å². The Morgan fingerprint density at radius 3 is 2.89 bits per heavy atom. The monoisotopic (exact) mass is 250 g/mol. The van der Waals surface area contributed by atoms with Gasteiger partial charge >= 0.3 is 0 Å². The van der Waals surface area contributed by atoms with E-state index in [1.165, 1.54) is 11.3 Å². The van der Waals surface area contributed by atoms with Gasteiger partial charge in [0.1, 0.15) is 6.67 Å². The van der Waals surface area contributed by atoms with E-state index in [4.69, 9.17) is 0 Å². The van der Waals surface area contributed by atoms with Crippen LogP contribution in [0.25, 0.3) is 0 Å². The van der Waals surface area contributed by atoms with E-state index in [1.54, 1.807) is 0 Å². The SMILES string of the molecule is CC(C)CC1CN(CCF)c2ccccc2CN1. The highest BCUT2D eigenvalue weighted by Gasteiger charge is 2.21. The van der Waals surface area contributed by atoms with Crippen molar-refractivity contribution in [1.82, 2.24) is 5.32 Å². The zero-order valence-corrected chi connectivity index (χ0v) is 11.3. The molecular weight excluding hydrogens is 227 g/mol. The van der Waals surface area contributed by atoms with E-state index in [0.29, 0.717) is 18.5 Å². The number of hydrogen-bond acceptors (Lipinski definition) is 2. The number of hydrogen-bond donors (Lipinski definition) is 1. The van der Waals surface area contributed by atoms with E-state index in [1.807, 2.05) is 6.07 Å². The second-order valence-corrected chi connectivity index (χ2v) is 5.47. The van der Waals surface area contributed by atoms with Gasteiger partial charge < -0.3 is 10.2 Å². The minimum atomic E-state index is -0.289. The number of halogens is 1. The second-order valence-electron chi connectivity index (χ2n) is 5.47. The Morgan fingerprint density at radius 1 is 1.39 bits per heavy atom. The molecule has 3 heteroatoms. The van der Waals surface area contributed by atoms with Gasteiger partial charge in [-0.15, -0.1) is 0 Å². The highest BCUT2D eigenvalue weighted by Crippen LogP contribution is 2.24. The summed E-state index contributed by atoms with van der Waals surface area (Å²) in [5.41, 5.74) is 2.46. The minimum absolute atomic E-state index is 0.289. The molecule has 2 rings (SSSR count). The molecule has 2 nitrogen and oxygen atoms in total. The number of fused-ring (bicyclic) bond motifs is 1. The maximum absolute atomic E-state index is 12.7. The number of para-hydroxylation sites is 1. The molecule has 0 aliphatic carbocycles. The molecule has 1 heterocycles. The lowest BCUT2D eigenvalue weighted by Crippen LogP contribution is -2.39. The van der Waals surface area contributed by atoms with Crippen molar-refractivity contribution in [3.63, 3.8) is 0 Å². The fraction of sp³-hybridized carbons (Fsp3) is 0.600. The van der Waals surface area contributed by atoms with E-state index in [0.717, 1.165) is 19.5 Å². The lowest BCUT2D eigenvalue weighted by molar-refractivity contribution is 0.413. The maximum Gasteiger partial charge on any atom is 0.107 e. The van der Waals surface area contributed by atoms with Gasteiger partial charge in [-0.05, 0) is 24.0 Å². The van der Waals surface area contributed by atoms with Crippen LogP contribution in [-0.4, -0.2) is 25.8 Å². The van der Waals surface area contributed by atoms with Crippen LogP contribution in [0.1, 0.15) is 25.8 Å². The summed E-state index contributed by atoms with van der Waals surface area (Å²) in [5, 5.41) is 3.59. The molecule has 1 aliphatic heterocycles. The smallest absolute Gasteiger partial charge is 0.107 e. The molecule has 0 amide bonds. The quantitative estimate of drug-likeness (QED) is 0.883. The number of rotatable bonds is 4. The average molecular weight is 250 g/mol. The molecule has 0 fully saturated rings. The van der Waals surface area contributed by atoms with Crippen molar-refractivity contribution in [3.8, 4) is 0 Å². The molecule has 1 aromatic rings. The molecule has 0 spiro atoms. The Hall–Kier alpha value is -1.09. The van der Waals surface area contributed by atoms with Crippen LogP contribution in [0, 0.1) is 5.92 Å². The topological polar surface area (TPSA) is 15.3 Å². The van der Waals surface area contributed by atoms with Gasteiger partial charge in [-0.2, -0.15) is 0 Å². The first kappa shape index (κ1) is 13.3. The molecule has 0 saturated carbocycles. The number of alkyl halides is 1. The summed E-state index contributed by atoms with van der Waals surface area (Å²) in [6, 6.07) is 8.77. The molecular formula is C15H23FN2. The molecule has 18 heavy (non-hydrogen) atoms. The number of benzene rings is 1. The summed E-state index contributed by atoms with van der Waals surface area (Å²) in [5.74, 6) is 0.663. The van der Waals surface area contributed by atoms with Crippen LogP contribution < -0.4 is 10.2 Å². The Morgan fingerprint density at radius 2 is 2.17 bits per heavy atom. The molecule has 0 aromatic heterocycles. The number of anilines is 1. The van der Waals surface area contributed by atoms with Crippen LogP contribution in [-0.2, 0) is 6.54 Å². The van der Waals surface area contributed by atoms with Crippen LogP contribution in [0.5, 0.6) is 0 Å². The van der Waals surface area contributed by atoms with Gasteiger partial charge in [0.2, 0.25) is 0 Å². The first-order valence-electron chi connectivity index (χ1n) is 6.83. The fourth-order valence-corrected chi connectivity index (χ4v) is 2.69. The van der Waals surface area contributed by atoms with Crippen molar-refractivity contribution in [2.24, 2.45) is 5.92 Å². The summed E-state index contributed by atoms with van der Waals surface area (Å²) in [6.45, 7) is 6.46. The third-order valence-corrected chi connectivity index (χ3v) is 3.46. The van der Waals surface area contributed by atoms with Crippen molar-refractivity contribution in [2.75, 3.05) is 24.7 Å². The molecule has 1 aliphatic rings. The van der Waals surface area contributed by atoms with Crippen LogP contribution in [0.2, 0.25) is 0 Å². The standard InChI is InChI=1S/C15H23FN2/c1-12(2)9-14-11-18(8-7-16)15-6-4-3-5-13(15)10-17-14/h3-6,12,14,17H,7-11H2,1-2H3. The fourth-order valence-electron chi connectivity index (χ4n) is 2.69. The maximum atomic E-state index is 12.7. The van der Waals surface area contributed by atoms with Gasteiger partial charge in [0.15, 0.2) is 0 Å². The highest BCUT2D eigenvalue weighted by molar-refractivity contribution is 5.54. The summed E-state index contributed by atoms with van der Waals surface area (Å²) < 4.78 is 12.7. The van der Waals surface area contributed by atoms with E-state index >= 15 is 0 Å². The van der Waals surface area contributed by atoms with E-state index in [2.05, 4.69) is 42.3 Å². The van der Waals surface area contributed by atoms with Gasteiger partial charge in [-0.3, -0.25) is 0 Å². The molecule has 0 saturated heterocycles. The lowest BCUT2D eigenvalue weighted by Gasteiger charge is -2.27. The highest BCUT2D eigenvalue weighted by atomic mass is 19.1. The summed E-state index contributed by atoms with van der Waals surface area (Å²) >= 11 is 0. The third-order valence-electron chi connectivity index (χ3n) is 3.46. The van der Waals surface area contributed by atoms with Crippen LogP contribution in [0.3, 0.4) is 0 Å². The Bertz CT molecular complexity index is 379. The summed E-state index contributed by atoms with van der Waals surface area (Å²) in [6.07, 6.45) is 1.14. The molecule has 1 aromatic carbocycles. The molecule has 0 bridgehead atoms. The molecule has 100 valence electrons. The zero-order chi connectivity index (χ0) is 13.0. The molecule has 1 N–H and O–H groups in total. The van der Waals surface area contributed by atoms with Gasteiger partial charge in [0, 0.05) is 31.4 Å². The third kappa shape index (κ3) is 3.22. The van der Waals surface area contributed by atoms with Crippen LogP contribution >= 0.6 is 0 Å². The van der Waals surface area contributed by atoms with Crippen molar-refractivity contribution >= 4 is 5.69 Å². The van der Waals surface area contributed by atoms with Crippen molar-refractivity contribution in [1.29, 1.82) is 0 Å². The first-order valence-corrected chi connectivity index (χ1v) is 6.83. The summed E-state index contributed by atoms with van der Waals surface area (Å²) in [7, 11) is 0. The number of nitrogens with one attached hydrogen (secondary N) is 1. The van der Waals surface area contributed by atoms with Gasteiger partial charge in [-0.25, -0.2) is 4.39 Å². The van der Waals surface area contributed by atoms with E-state index in [9.17, 15) is 4.39 Å². The van der Waals surface area contributed by atoms with Crippen molar-refractivity contribution in [3.05, 3.63) is 29.8 Å². The Kier molecular flexibility index (Phi) is 4.59. The predicted octanol–water partition coefficient (Wildman–Crippen LogP) is 2.98. The largest absolute Gasteiger partial charge is 0.367 e. The second kappa shape index (κ2) is 6.19. The molecule has 0 radical (unpaired) electrons. The van der Waals surface area contributed by atoms with Crippen LogP contribution in [0.15, 0.2) is 24.3 Å². The van der Waals surface area contributed by atoms with Crippen molar-refractivity contribution in [2.45, 2.75) is 32.9 Å². The zero-order valence-electron chi connectivity index (χ0n) is 11.3. The summed E-state index contributed by atoms with van der Waals surface area (Å²) in [4.78, 5) is 2.18. The minimum Gasteiger partial charge on any atom is -0.367 e.